The molecule has 0 aliphatic carbocycles. The fourth-order valence-electron chi connectivity index (χ4n) is 1.06. The Bertz CT molecular complexity index is 192. The number of nitrogens with zero attached hydrogens (tertiary/aromatic N) is 1. The standard InChI is InChI=1S/C6H11N3O2/c1-4-8-2-6(11)9(4)3-5(7)10/h4,8H,2-3H2,1H3,(H2,7,10). The zero-order valence-corrected chi connectivity index (χ0v) is 6.33. The second-order valence-electron chi connectivity index (χ2n) is 2.54. The summed E-state index contributed by atoms with van der Waals surface area (Å²) in [5.41, 5.74) is 4.94. The Balaban J connectivity index is 2.54. The zero-order valence-electron chi connectivity index (χ0n) is 6.33. The highest BCUT2D eigenvalue weighted by molar-refractivity contribution is 5.86. The monoisotopic (exact) mass is 157 g/mol. The second-order valence-corrected chi connectivity index (χ2v) is 2.54. The van der Waals surface area contributed by atoms with Crippen molar-refractivity contribution in [2.45, 2.75) is 13.1 Å². The van der Waals surface area contributed by atoms with E-state index in [1.54, 1.807) is 0 Å². The van der Waals surface area contributed by atoms with Gasteiger partial charge in [-0.25, -0.2) is 0 Å². The molecule has 62 valence electrons. The van der Waals surface area contributed by atoms with E-state index in [2.05, 4.69) is 5.32 Å². The van der Waals surface area contributed by atoms with Crippen molar-refractivity contribution in [1.29, 1.82) is 0 Å². The fraction of sp³-hybridized carbons (Fsp3) is 0.667. The summed E-state index contributed by atoms with van der Waals surface area (Å²) < 4.78 is 0. The summed E-state index contributed by atoms with van der Waals surface area (Å²) in [4.78, 5) is 22.8. The van der Waals surface area contributed by atoms with Gasteiger partial charge in [0.2, 0.25) is 11.8 Å². The summed E-state index contributed by atoms with van der Waals surface area (Å²) in [6, 6.07) is 0. The third kappa shape index (κ3) is 1.68. The molecule has 0 aromatic rings. The van der Waals surface area contributed by atoms with Crippen molar-refractivity contribution in [2.75, 3.05) is 13.1 Å². The predicted molar refractivity (Wildman–Crippen MR) is 38.4 cm³/mol. The molecule has 0 aromatic carbocycles. The average Bonchev–Trinajstić information content (AvgIpc) is 2.18. The Morgan fingerprint density at radius 2 is 2.55 bits per heavy atom. The highest BCUT2D eigenvalue weighted by Gasteiger charge is 2.27. The van der Waals surface area contributed by atoms with Crippen LogP contribution in [0.1, 0.15) is 6.92 Å². The minimum Gasteiger partial charge on any atom is -0.368 e. The Labute approximate surface area is 64.5 Å². The van der Waals surface area contributed by atoms with Gasteiger partial charge >= 0.3 is 0 Å². The van der Waals surface area contributed by atoms with Crippen molar-refractivity contribution in [3.8, 4) is 0 Å². The molecule has 0 spiro atoms. The average molecular weight is 157 g/mol. The summed E-state index contributed by atoms with van der Waals surface area (Å²) in [6.45, 7) is 2.12. The molecule has 1 heterocycles. The van der Waals surface area contributed by atoms with Gasteiger partial charge in [-0.15, -0.1) is 0 Å². The molecule has 1 unspecified atom stereocenters. The van der Waals surface area contributed by atoms with Gasteiger partial charge in [-0.3, -0.25) is 14.9 Å². The number of hydrogen-bond donors (Lipinski definition) is 2. The van der Waals surface area contributed by atoms with Gasteiger partial charge in [0.05, 0.1) is 12.7 Å². The van der Waals surface area contributed by atoms with E-state index in [-0.39, 0.29) is 18.6 Å². The maximum atomic E-state index is 11.0. The van der Waals surface area contributed by atoms with Crippen LogP contribution in [0, 0.1) is 0 Å². The summed E-state index contributed by atoms with van der Waals surface area (Å²) in [6.07, 6.45) is -0.0741. The van der Waals surface area contributed by atoms with E-state index >= 15 is 0 Å². The number of nitrogens with two attached hydrogens (primary N) is 1. The normalized spacial score (nSPS) is 24.3. The van der Waals surface area contributed by atoms with Gasteiger partial charge in [-0.05, 0) is 6.92 Å². The maximum Gasteiger partial charge on any atom is 0.238 e. The van der Waals surface area contributed by atoms with E-state index in [4.69, 9.17) is 5.73 Å². The molecule has 5 nitrogen and oxygen atoms in total. The third-order valence-electron chi connectivity index (χ3n) is 1.66. The van der Waals surface area contributed by atoms with Gasteiger partial charge in [-0.2, -0.15) is 0 Å². The molecule has 5 heteroatoms. The van der Waals surface area contributed by atoms with Crippen LogP contribution < -0.4 is 11.1 Å². The first-order chi connectivity index (χ1) is 5.11. The number of rotatable bonds is 2. The lowest BCUT2D eigenvalue weighted by Crippen LogP contribution is -2.40. The molecule has 1 fully saturated rings. The van der Waals surface area contributed by atoms with Crippen LogP contribution in [0.2, 0.25) is 0 Å². The molecule has 3 N–H and O–H groups in total. The lowest BCUT2D eigenvalue weighted by molar-refractivity contribution is -0.132. The van der Waals surface area contributed by atoms with Crippen molar-refractivity contribution in [3.63, 3.8) is 0 Å². The molecule has 1 rings (SSSR count). The lowest BCUT2D eigenvalue weighted by atomic mass is 10.4. The van der Waals surface area contributed by atoms with Gasteiger partial charge in [0.15, 0.2) is 0 Å². The van der Waals surface area contributed by atoms with E-state index in [9.17, 15) is 9.59 Å². The van der Waals surface area contributed by atoms with Gasteiger partial charge < -0.3 is 10.6 Å². The smallest absolute Gasteiger partial charge is 0.238 e. The first-order valence-corrected chi connectivity index (χ1v) is 3.42. The second kappa shape index (κ2) is 2.87. The minimum absolute atomic E-state index is 0.00694. The third-order valence-corrected chi connectivity index (χ3v) is 1.66. The van der Waals surface area contributed by atoms with E-state index in [1.165, 1.54) is 4.90 Å². The highest BCUT2D eigenvalue weighted by atomic mass is 16.2. The van der Waals surface area contributed by atoms with Crippen LogP contribution in [0.25, 0.3) is 0 Å². The molecule has 1 aliphatic heterocycles. The Morgan fingerprint density at radius 1 is 1.91 bits per heavy atom. The van der Waals surface area contributed by atoms with Crippen molar-refractivity contribution < 1.29 is 9.59 Å². The van der Waals surface area contributed by atoms with Crippen LogP contribution in [-0.2, 0) is 9.59 Å². The first-order valence-electron chi connectivity index (χ1n) is 3.42. The topological polar surface area (TPSA) is 75.4 Å². The number of carbonyl (C=O) groups is 2. The SMILES string of the molecule is CC1NCC(=O)N1CC(N)=O. The van der Waals surface area contributed by atoms with Crippen molar-refractivity contribution >= 4 is 11.8 Å². The van der Waals surface area contributed by atoms with Crippen LogP contribution in [0.15, 0.2) is 0 Å². The first kappa shape index (κ1) is 8.00. The van der Waals surface area contributed by atoms with Crippen molar-refractivity contribution in [3.05, 3.63) is 0 Å². The predicted octanol–water partition coefficient (Wildman–Crippen LogP) is -1.75. The minimum atomic E-state index is -0.478. The van der Waals surface area contributed by atoms with E-state index in [1.807, 2.05) is 6.92 Å². The maximum absolute atomic E-state index is 11.0. The molecule has 1 atom stereocenters. The molecule has 0 radical (unpaired) electrons. The molecular formula is C6H11N3O2. The fourth-order valence-corrected chi connectivity index (χ4v) is 1.06. The van der Waals surface area contributed by atoms with Crippen LogP contribution >= 0.6 is 0 Å². The number of nitrogens with one attached hydrogen (secondary N) is 1. The summed E-state index contributed by atoms with van der Waals surface area (Å²) in [5.74, 6) is -0.551. The molecular weight excluding hydrogens is 146 g/mol. The van der Waals surface area contributed by atoms with E-state index < -0.39 is 5.91 Å². The number of carbonyl (C=O) groups excluding carboxylic acids is 2. The summed E-state index contributed by atoms with van der Waals surface area (Å²) in [5, 5.41) is 2.89. The van der Waals surface area contributed by atoms with Crippen molar-refractivity contribution in [2.24, 2.45) is 5.73 Å². The quantitative estimate of drug-likeness (QED) is 0.499. The Hall–Kier alpha value is -1.10. The van der Waals surface area contributed by atoms with Crippen molar-refractivity contribution in [1.82, 2.24) is 10.2 Å². The Morgan fingerprint density at radius 3 is 2.91 bits per heavy atom. The van der Waals surface area contributed by atoms with E-state index in [0.29, 0.717) is 6.54 Å². The largest absolute Gasteiger partial charge is 0.368 e. The molecule has 1 aliphatic rings. The van der Waals surface area contributed by atoms with Gasteiger partial charge in [0.1, 0.15) is 6.54 Å². The molecule has 11 heavy (non-hydrogen) atoms. The molecule has 0 bridgehead atoms. The molecule has 0 saturated carbocycles. The molecule has 2 amide bonds. The lowest BCUT2D eigenvalue weighted by Gasteiger charge is -2.18. The highest BCUT2D eigenvalue weighted by Crippen LogP contribution is 2.02. The summed E-state index contributed by atoms with van der Waals surface area (Å²) >= 11 is 0. The number of amides is 2. The van der Waals surface area contributed by atoms with Crippen LogP contribution in [0.3, 0.4) is 0 Å². The summed E-state index contributed by atoms with van der Waals surface area (Å²) in [7, 11) is 0. The Kier molecular flexibility index (Phi) is 2.09. The number of hydrogen-bond acceptors (Lipinski definition) is 3. The van der Waals surface area contributed by atoms with E-state index in [0.717, 1.165) is 0 Å². The van der Waals surface area contributed by atoms with Crippen LogP contribution in [0.5, 0.6) is 0 Å². The molecule has 0 aromatic heterocycles. The van der Waals surface area contributed by atoms with Crippen LogP contribution in [-0.4, -0.2) is 36.0 Å². The zero-order chi connectivity index (χ0) is 8.43. The number of primary amides is 1. The van der Waals surface area contributed by atoms with Crippen LogP contribution in [0.4, 0.5) is 0 Å². The van der Waals surface area contributed by atoms with Gasteiger partial charge in [0, 0.05) is 0 Å². The molecule has 1 saturated heterocycles. The van der Waals surface area contributed by atoms with Gasteiger partial charge in [0.25, 0.3) is 0 Å². The van der Waals surface area contributed by atoms with Gasteiger partial charge in [-0.1, -0.05) is 0 Å².